The second-order valence-corrected chi connectivity index (χ2v) is 12.9. The third kappa shape index (κ3) is 7.01. The van der Waals surface area contributed by atoms with E-state index in [0.717, 1.165) is 18.8 Å². The van der Waals surface area contributed by atoms with Crippen molar-refractivity contribution in [1.29, 1.82) is 0 Å². The first-order valence-electron chi connectivity index (χ1n) is 11.8. The lowest BCUT2D eigenvalue weighted by atomic mass is 9.98. The Morgan fingerprint density at radius 2 is 1.75 bits per heavy atom. The summed E-state index contributed by atoms with van der Waals surface area (Å²) in [4.78, 5) is 14.6. The van der Waals surface area contributed by atoms with E-state index >= 15 is 4.39 Å². The van der Waals surface area contributed by atoms with E-state index in [1.54, 1.807) is 26.8 Å². The molecule has 0 amide bonds. The third-order valence-electron chi connectivity index (χ3n) is 6.10. The van der Waals surface area contributed by atoms with Gasteiger partial charge in [-0.1, -0.05) is 19.4 Å². The number of Topliss-reactive ketones (excluding diaryl/α,β-unsaturated/α-hetero) is 1. The highest BCUT2D eigenvalue weighted by molar-refractivity contribution is 7.92. The monoisotopic (exact) mass is 469 g/mol. The smallest absolute Gasteiger partial charge is 0.155 e. The highest BCUT2D eigenvalue weighted by Gasteiger charge is 2.28. The molecule has 7 heteroatoms. The number of rotatable bonds is 10. The quantitative estimate of drug-likeness (QED) is 0.457. The lowest BCUT2D eigenvalue weighted by Crippen LogP contribution is -2.46. The summed E-state index contributed by atoms with van der Waals surface area (Å²) < 4.78 is 44.6. The van der Waals surface area contributed by atoms with Gasteiger partial charge < -0.3 is 9.64 Å². The van der Waals surface area contributed by atoms with E-state index in [2.05, 4.69) is 4.90 Å². The molecule has 1 aromatic carbocycles. The summed E-state index contributed by atoms with van der Waals surface area (Å²) in [6, 6.07) is 3.68. The fourth-order valence-corrected chi connectivity index (χ4v) is 5.40. The second kappa shape index (κ2) is 11.1. The number of sulfone groups is 1. The molecule has 0 saturated carbocycles. The van der Waals surface area contributed by atoms with Crippen LogP contribution in [0.4, 0.5) is 10.1 Å². The molecule has 0 aliphatic carbocycles. The molecular formula is C25H40FNO4S. The molecule has 0 N–H and O–H groups in total. The maximum Gasteiger partial charge on any atom is 0.155 e. The molecule has 1 saturated heterocycles. The van der Waals surface area contributed by atoms with Crippen LogP contribution >= 0.6 is 0 Å². The van der Waals surface area contributed by atoms with Crippen LogP contribution in [-0.4, -0.2) is 50.0 Å². The maximum atomic E-state index is 15.3. The summed E-state index contributed by atoms with van der Waals surface area (Å²) in [6.45, 7) is 12.5. The predicted molar refractivity (Wildman–Crippen MR) is 129 cm³/mol. The number of unbranched alkanes of at least 4 members (excludes halogenated alkanes) is 2. The van der Waals surface area contributed by atoms with Gasteiger partial charge >= 0.3 is 0 Å². The number of halogens is 1. The second-order valence-electron chi connectivity index (χ2n) is 10.0. The molecule has 1 fully saturated rings. The molecule has 1 aliphatic heterocycles. The van der Waals surface area contributed by atoms with Gasteiger partial charge in [-0.2, -0.15) is 0 Å². The van der Waals surface area contributed by atoms with Gasteiger partial charge in [0.15, 0.2) is 9.84 Å². The van der Waals surface area contributed by atoms with Gasteiger partial charge in [-0.05, 0) is 65.5 Å². The Labute approximate surface area is 193 Å². The number of benzene rings is 1. The van der Waals surface area contributed by atoms with Gasteiger partial charge in [0.2, 0.25) is 0 Å². The first-order chi connectivity index (χ1) is 14.9. The number of anilines is 1. The minimum Gasteiger partial charge on any atom is -0.372 e. The van der Waals surface area contributed by atoms with Crippen LogP contribution in [0, 0.1) is 5.82 Å². The Kier molecular flexibility index (Phi) is 9.29. The number of carbonyl (C=O) groups is 1. The first-order valence-corrected chi connectivity index (χ1v) is 13.5. The van der Waals surface area contributed by atoms with E-state index < -0.39 is 14.6 Å². The van der Waals surface area contributed by atoms with E-state index in [4.69, 9.17) is 4.74 Å². The Balaban J connectivity index is 1.93. The Morgan fingerprint density at radius 3 is 2.31 bits per heavy atom. The van der Waals surface area contributed by atoms with Crippen molar-refractivity contribution in [2.24, 2.45) is 0 Å². The van der Waals surface area contributed by atoms with E-state index in [-0.39, 0.29) is 36.0 Å². The molecule has 182 valence electrons. The highest BCUT2D eigenvalue weighted by atomic mass is 32.2. The van der Waals surface area contributed by atoms with Crippen LogP contribution in [0.1, 0.15) is 78.4 Å². The molecule has 0 bridgehead atoms. The van der Waals surface area contributed by atoms with E-state index in [0.29, 0.717) is 43.2 Å². The SMILES string of the molecule is CCc1c(N2C[C@@H](C)O[C@@H](C)C2)ccc(CC(=O)CCCCCS(=O)(=O)C(C)(C)C)c1F. The number of nitrogens with zero attached hydrogens (tertiary/aromatic N) is 1. The van der Waals surface area contributed by atoms with Gasteiger partial charge in [-0.15, -0.1) is 0 Å². The molecule has 2 atom stereocenters. The lowest BCUT2D eigenvalue weighted by molar-refractivity contribution is -0.118. The molecule has 0 radical (unpaired) electrons. The number of carbonyl (C=O) groups excluding carboxylic acids is 1. The molecule has 0 unspecified atom stereocenters. The zero-order chi connectivity index (χ0) is 24.1. The van der Waals surface area contributed by atoms with Crippen molar-refractivity contribution in [3.8, 4) is 0 Å². The van der Waals surface area contributed by atoms with Crippen LogP contribution in [0.5, 0.6) is 0 Å². The minimum absolute atomic E-state index is 0.00833. The largest absolute Gasteiger partial charge is 0.372 e. The average Bonchev–Trinajstić information content (AvgIpc) is 2.67. The molecule has 5 nitrogen and oxygen atoms in total. The third-order valence-corrected chi connectivity index (χ3v) is 8.79. The average molecular weight is 470 g/mol. The van der Waals surface area contributed by atoms with Crippen molar-refractivity contribution >= 4 is 21.3 Å². The first kappa shape index (κ1) is 26.8. The summed E-state index contributed by atoms with van der Waals surface area (Å²) in [6.07, 6.45) is 3.01. The van der Waals surface area contributed by atoms with E-state index in [1.807, 2.05) is 26.8 Å². The molecule has 2 rings (SSSR count). The van der Waals surface area contributed by atoms with E-state index in [1.165, 1.54) is 0 Å². The summed E-state index contributed by atoms with van der Waals surface area (Å²) in [7, 11) is -3.13. The van der Waals surface area contributed by atoms with Crippen LogP contribution in [0.25, 0.3) is 0 Å². The number of morpholine rings is 1. The normalized spacial score (nSPS) is 19.9. The Morgan fingerprint density at radius 1 is 1.12 bits per heavy atom. The Hall–Kier alpha value is -1.47. The molecule has 0 spiro atoms. The van der Waals surface area contributed by atoms with Gasteiger partial charge in [0, 0.05) is 37.2 Å². The topological polar surface area (TPSA) is 63.7 Å². The minimum atomic E-state index is -3.13. The number of ketones is 1. The van der Waals surface area contributed by atoms with Crippen molar-refractivity contribution in [3.63, 3.8) is 0 Å². The van der Waals surface area contributed by atoms with Gasteiger partial charge in [0.25, 0.3) is 0 Å². The lowest BCUT2D eigenvalue weighted by Gasteiger charge is -2.38. The van der Waals surface area contributed by atoms with Gasteiger partial charge in [-0.3, -0.25) is 4.79 Å². The van der Waals surface area contributed by atoms with Crippen LogP contribution in [0.2, 0.25) is 0 Å². The van der Waals surface area contributed by atoms with Crippen molar-refractivity contribution in [2.75, 3.05) is 23.7 Å². The van der Waals surface area contributed by atoms with Crippen molar-refractivity contribution in [1.82, 2.24) is 0 Å². The van der Waals surface area contributed by atoms with Gasteiger partial charge in [0.1, 0.15) is 11.6 Å². The number of hydrogen-bond acceptors (Lipinski definition) is 5. The van der Waals surface area contributed by atoms with Crippen LogP contribution in [0.15, 0.2) is 12.1 Å². The van der Waals surface area contributed by atoms with Crippen molar-refractivity contribution < 1.29 is 22.3 Å². The fraction of sp³-hybridized carbons (Fsp3) is 0.720. The molecule has 0 aromatic heterocycles. The molecule has 1 aliphatic rings. The maximum absolute atomic E-state index is 15.3. The highest BCUT2D eigenvalue weighted by Crippen LogP contribution is 2.29. The molecular weight excluding hydrogens is 429 g/mol. The predicted octanol–water partition coefficient (Wildman–Crippen LogP) is 4.89. The standard InChI is InChI=1S/C25H40FNO4S/c1-7-22-23(27-16-18(2)31-19(3)17-27)13-12-20(24(22)26)15-21(28)11-9-8-10-14-32(29,30)25(4,5)6/h12-13,18-19H,7-11,14-17H2,1-6H3/t18-,19+. The number of hydrogen-bond donors (Lipinski definition) is 0. The van der Waals surface area contributed by atoms with Gasteiger partial charge in [0.05, 0.1) is 22.7 Å². The summed E-state index contributed by atoms with van der Waals surface area (Å²) in [5.74, 6) is -0.146. The molecule has 1 aromatic rings. The summed E-state index contributed by atoms with van der Waals surface area (Å²) in [5, 5.41) is 0. The van der Waals surface area contributed by atoms with E-state index in [9.17, 15) is 13.2 Å². The zero-order valence-corrected chi connectivity index (χ0v) is 21.4. The van der Waals surface area contributed by atoms with Gasteiger partial charge in [-0.25, -0.2) is 12.8 Å². The van der Waals surface area contributed by atoms with Crippen molar-refractivity contribution in [2.45, 2.75) is 97.0 Å². The number of ether oxygens (including phenoxy) is 1. The summed E-state index contributed by atoms with van der Waals surface area (Å²) in [5.41, 5.74) is 1.99. The molecule has 32 heavy (non-hydrogen) atoms. The zero-order valence-electron chi connectivity index (χ0n) is 20.5. The molecule has 1 heterocycles. The van der Waals surface area contributed by atoms with Crippen LogP contribution in [0.3, 0.4) is 0 Å². The van der Waals surface area contributed by atoms with Crippen molar-refractivity contribution in [3.05, 3.63) is 29.1 Å². The van der Waals surface area contributed by atoms with Crippen LogP contribution in [-0.2, 0) is 32.2 Å². The Bertz CT molecular complexity index is 882. The van der Waals surface area contributed by atoms with Crippen LogP contribution < -0.4 is 4.90 Å². The fourth-order valence-electron chi connectivity index (χ4n) is 4.20. The summed E-state index contributed by atoms with van der Waals surface area (Å²) >= 11 is 0.